The molecular formula is C14H16O2. The summed E-state index contributed by atoms with van der Waals surface area (Å²) >= 11 is 0. The molecule has 0 bridgehead atoms. The van der Waals surface area contributed by atoms with E-state index in [9.17, 15) is 5.11 Å². The molecule has 84 valence electrons. The maximum absolute atomic E-state index is 9.94. The number of furan rings is 1. The summed E-state index contributed by atoms with van der Waals surface area (Å²) < 4.78 is 5.21. The molecule has 0 fully saturated rings. The predicted molar refractivity (Wildman–Crippen MR) is 63.3 cm³/mol. The third kappa shape index (κ3) is 2.74. The number of aryl methyl sites for hydroxylation is 1. The van der Waals surface area contributed by atoms with Crippen LogP contribution in [-0.4, -0.2) is 11.2 Å². The zero-order valence-electron chi connectivity index (χ0n) is 9.39. The highest BCUT2D eigenvalue weighted by atomic mass is 16.3. The second-order valence-corrected chi connectivity index (χ2v) is 4.07. The maximum Gasteiger partial charge on any atom is 0.106 e. The summed E-state index contributed by atoms with van der Waals surface area (Å²) in [4.78, 5) is 0. The first-order chi connectivity index (χ1) is 7.75. The van der Waals surface area contributed by atoms with E-state index in [-0.39, 0.29) is 6.10 Å². The molecule has 1 atom stereocenters. The van der Waals surface area contributed by atoms with E-state index in [2.05, 4.69) is 19.1 Å². The Balaban J connectivity index is 1.97. The van der Waals surface area contributed by atoms with Gasteiger partial charge in [0.1, 0.15) is 5.76 Å². The molecule has 0 radical (unpaired) electrons. The van der Waals surface area contributed by atoms with Crippen molar-refractivity contribution in [2.45, 2.75) is 25.9 Å². The van der Waals surface area contributed by atoms with E-state index in [1.807, 2.05) is 24.3 Å². The van der Waals surface area contributed by atoms with E-state index in [1.54, 1.807) is 6.26 Å². The minimum Gasteiger partial charge on any atom is -0.469 e. The second kappa shape index (κ2) is 4.99. The zero-order chi connectivity index (χ0) is 11.4. The molecule has 1 heterocycles. The van der Waals surface area contributed by atoms with E-state index < -0.39 is 0 Å². The van der Waals surface area contributed by atoms with Crippen LogP contribution in [0.5, 0.6) is 0 Å². The van der Waals surface area contributed by atoms with Crippen LogP contribution in [0, 0.1) is 6.92 Å². The first-order valence-corrected chi connectivity index (χ1v) is 5.50. The summed E-state index contributed by atoms with van der Waals surface area (Å²) in [5, 5.41) is 9.94. The van der Waals surface area contributed by atoms with Gasteiger partial charge >= 0.3 is 0 Å². The Bertz CT molecular complexity index is 432. The molecule has 16 heavy (non-hydrogen) atoms. The Kier molecular flexibility index (Phi) is 3.42. The fourth-order valence-corrected chi connectivity index (χ4v) is 1.83. The van der Waals surface area contributed by atoms with E-state index >= 15 is 0 Å². The van der Waals surface area contributed by atoms with Crippen molar-refractivity contribution in [3.05, 3.63) is 59.5 Å². The monoisotopic (exact) mass is 216 g/mol. The van der Waals surface area contributed by atoms with Gasteiger partial charge in [0.05, 0.1) is 12.4 Å². The lowest BCUT2D eigenvalue weighted by Crippen LogP contribution is -2.14. The van der Waals surface area contributed by atoms with Crippen LogP contribution in [0.1, 0.15) is 16.9 Å². The highest BCUT2D eigenvalue weighted by molar-refractivity contribution is 5.26. The highest BCUT2D eigenvalue weighted by Gasteiger charge is 2.09. The number of aliphatic hydroxyl groups excluding tert-OH is 1. The van der Waals surface area contributed by atoms with Gasteiger partial charge in [-0.1, -0.05) is 24.3 Å². The van der Waals surface area contributed by atoms with Crippen molar-refractivity contribution >= 4 is 0 Å². The minimum absolute atomic E-state index is 0.382. The van der Waals surface area contributed by atoms with Crippen molar-refractivity contribution in [1.82, 2.24) is 0 Å². The second-order valence-electron chi connectivity index (χ2n) is 4.07. The highest BCUT2D eigenvalue weighted by Crippen LogP contribution is 2.12. The molecule has 2 heteroatoms. The van der Waals surface area contributed by atoms with E-state index in [4.69, 9.17) is 4.42 Å². The van der Waals surface area contributed by atoms with Crippen molar-refractivity contribution < 1.29 is 9.52 Å². The molecule has 0 aliphatic heterocycles. The summed E-state index contributed by atoms with van der Waals surface area (Å²) in [6.45, 7) is 2.06. The minimum atomic E-state index is -0.382. The van der Waals surface area contributed by atoms with Crippen LogP contribution in [0.15, 0.2) is 47.1 Å². The van der Waals surface area contributed by atoms with Gasteiger partial charge in [0, 0.05) is 6.42 Å². The van der Waals surface area contributed by atoms with E-state index in [0.717, 1.165) is 5.76 Å². The average Bonchev–Trinajstić information content (AvgIpc) is 2.74. The molecule has 1 aromatic heterocycles. The number of aliphatic hydroxyl groups is 1. The summed E-state index contributed by atoms with van der Waals surface area (Å²) in [7, 11) is 0. The molecule has 1 aromatic carbocycles. The number of benzene rings is 1. The van der Waals surface area contributed by atoms with Gasteiger partial charge in [0.15, 0.2) is 0 Å². The van der Waals surface area contributed by atoms with Gasteiger partial charge in [-0.25, -0.2) is 0 Å². The SMILES string of the molecule is Cc1ccccc1CC(O)Cc1ccco1. The Hall–Kier alpha value is -1.54. The van der Waals surface area contributed by atoms with Crippen LogP contribution in [-0.2, 0) is 12.8 Å². The molecule has 2 rings (SSSR count). The third-order valence-electron chi connectivity index (χ3n) is 2.73. The molecule has 2 nitrogen and oxygen atoms in total. The summed E-state index contributed by atoms with van der Waals surface area (Å²) in [5.74, 6) is 0.834. The first-order valence-electron chi connectivity index (χ1n) is 5.50. The standard InChI is InChI=1S/C14H16O2/c1-11-5-2-3-6-12(11)9-13(15)10-14-7-4-8-16-14/h2-8,13,15H,9-10H2,1H3. The largest absolute Gasteiger partial charge is 0.469 e. The van der Waals surface area contributed by atoms with Gasteiger partial charge in [-0.15, -0.1) is 0 Å². The summed E-state index contributed by atoms with van der Waals surface area (Å²) in [6.07, 6.45) is 2.50. The van der Waals surface area contributed by atoms with Crippen molar-refractivity contribution in [2.75, 3.05) is 0 Å². The van der Waals surface area contributed by atoms with E-state index in [0.29, 0.717) is 12.8 Å². The molecule has 0 amide bonds. The van der Waals surface area contributed by atoms with Crippen LogP contribution in [0.3, 0.4) is 0 Å². The van der Waals surface area contributed by atoms with Crippen LogP contribution in [0.4, 0.5) is 0 Å². The lowest BCUT2D eigenvalue weighted by molar-refractivity contribution is 0.167. The van der Waals surface area contributed by atoms with Crippen LogP contribution in [0.25, 0.3) is 0 Å². The summed E-state index contributed by atoms with van der Waals surface area (Å²) in [5.41, 5.74) is 2.42. The average molecular weight is 216 g/mol. The molecule has 0 aliphatic carbocycles. The Morgan fingerprint density at radius 2 is 1.94 bits per heavy atom. The quantitative estimate of drug-likeness (QED) is 0.852. The molecule has 2 aromatic rings. The molecule has 1 N–H and O–H groups in total. The van der Waals surface area contributed by atoms with Crippen LogP contribution < -0.4 is 0 Å². The van der Waals surface area contributed by atoms with Crippen molar-refractivity contribution in [2.24, 2.45) is 0 Å². The van der Waals surface area contributed by atoms with Crippen molar-refractivity contribution in [3.8, 4) is 0 Å². The zero-order valence-corrected chi connectivity index (χ0v) is 9.39. The van der Waals surface area contributed by atoms with Crippen molar-refractivity contribution in [1.29, 1.82) is 0 Å². The number of rotatable bonds is 4. The molecule has 0 saturated heterocycles. The Morgan fingerprint density at radius 1 is 1.12 bits per heavy atom. The Morgan fingerprint density at radius 3 is 2.62 bits per heavy atom. The molecule has 0 spiro atoms. The predicted octanol–water partition coefficient (Wildman–Crippen LogP) is 2.73. The van der Waals surface area contributed by atoms with Gasteiger partial charge < -0.3 is 9.52 Å². The van der Waals surface area contributed by atoms with Gasteiger partial charge in [-0.3, -0.25) is 0 Å². The molecule has 0 saturated carbocycles. The fourth-order valence-electron chi connectivity index (χ4n) is 1.83. The normalized spacial score (nSPS) is 12.6. The smallest absolute Gasteiger partial charge is 0.106 e. The number of hydrogen-bond acceptors (Lipinski definition) is 2. The topological polar surface area (TPSA) is 33.4 Å². The van der Waals surface area contributed by atoms with Gasteiger partial charge in [-0.2, -0.15) is 0 Å². The van der Waals surface area contributed by atoms with Crippen LogP contribution >= 0.6 is 0 Å². The lowest BCUT2D eigenvalue weighted by atomic mass is 10.0. The first kappa shape index (κ1) is 11.0. The third-order valence-corrected chi connectivity index (χ3v) is 2.73. The lowest BCUT2D eigenvalue weighted by Gasteiger charge is -2.10. The maximum atomic E-state index is 9.94. The number of hydrogen-bond donors (Lipinski definition) is 1. The van der Waals surface area contributed by atoms with Crippen molar-refractivity contribution in [3.63, 3.8) is 0 Å². The van der Waals surface area contributed by atoms with Crippen LogP contribution in [0.2, 0.25) is 0 Å². The van der Waals surface area contributed by atoms with Gasteiger partial charge in [0.2, 0.25) is 0 Å². The fraction of sp³-hybridized carbons (Fsp3) is 0.286. The molecule has 0 aliphatic rings. The summed E-state index contributed by atoms with van der Waals surface area (Å²) in [6, 6.07) is 11.9. The molecule has 1 unspecified atom stereocenters. The molecular weight excluding hydrogens is 200 g/mol. The van der Waals surface area contributed by atoms with E-state index in [1.165, 1.54) is 11.1 Å². The van der Waals surface area contributed by atoms with Gasteiger partial charge in [-0.05, 0) is 36.6 Å². The Labute approximate surface area is 95.5 Å². The van der Waals surface area contributed by atoms with Gasteiger partial charge in [0.25, 0.3) is 0 Å².